The number of nitrogens with zero attached hydrogens (tertiary/aromatic N) is 4. The summed E-state index contributed by atoms with van der Waals surface area (Å²) in [6.07, 6.45) is 12.7. The molecule has 0 radical (unpaired) electrons. The Balaban J connectivity index is 1.66. The van der Waals surface area contributed by atoms with Crippen molar-refractivity contribution in [2.45, 2.75) is 44.6 Å². The molecule has 5 nitrogen and oxygen atoms in total. The number of hydrogen-bond donors (Lipinski definition) is 1. The Morgan fingerprint density at radius 1 is 1.13 bits per heavy atom. The van der Waals surface area contributed by atoms with Gasteiger partial charge in [-0.05, 0) is 44.1 Å². The molecular weight excluding hydrogens is 306 g/mol. The number of rotatable bonds is 2. The van der Waals surface area contributed by atoms with Gasteiger partial charge in [0.2, 0.25) is 0 Å². The van der Waals surface area contributed by atoms with Gasteiger partial charge in [0, 0.05) is 23.8 Å². The van der Waals surface area contributed by atoms with Crippen molar-refractivity contribution < 1.29 is 0 Å². The van der Waals surface area contributed by atoms with Crippen molar-refractivity contribution in [3.63, 3.8) is 0 Å². The van der Waals surface area contributed by atoms with Crippen LogP contribution in [0.2, 0.25) is 0 Å². The summed E-state index contributed by atoms with van der Waals surface area (Å²) >= 11 is 1.86. The normalized spacial score (nSPS) is 21.0. The summed E-state index contributed by atoms with van der Waals surface area (Å²) in [7, 11) is 0. The number of hydrogen-bond acceptors (Lipinski definition) is 5. The van der Waals surface area contributed by atoms with Crippen molar-refractivity contribution in [2.75, 3.05) is 11.4 Å². The minimum absolute atomic E-state index is 0.300. The first-order valence-electron chi connectivity index (χ1n) is 8.43. The fraction of sp³-hybridized carbons (Fsp3) is 0.471. The van der Waals surface area contributed by atoms with Gasteiger partial charge in [0.15, 0.2) is 0 Å². The summed E-state index contributed by atoms with van der Waals surface area (Å²) in [4.78, 5) is 22.2. The molecule has 3 aromatic heterocycles. The highest BCUT2D eigenvalue weighted by atomic mass is 32.1. The maximum Gasteiger partial charge on any atom is 0.141 e. The summed E-state index contributed by atoms with van der Waals surface area (Å²) in [5, 5.41) is 1.31. The maximum atomic E-state index is 4.72. The molecule has 118 valence electrons. The summed E-state index contributed by atoms with van der Waals surface area (Å²) in [6.45, 7) is 1.04. The second-order valence-corrected chi connectivity index (χ2v) is 7.50. The van der Waals surface area contributed by atoms with Gasteiger partial charge in [0.05, 0.1) is 11.4 Å². The summed E-state index contributed by atoms with van der Waals surface area (Å²) in [6, 6.07) is 0.300. The van der Waals surface area contributed by atoms with Gasteiger partial charge in [-0.2, -0.15) is 0 Å². The number of fused-ring (bicyclic) bond motifs is 3. The van der Waals surface area contributed by atoms with Crippen LogP contribution in [0.3, 0.4) is 0 Å². The number of aromatic amines is 1. The van der Waals surface area contributed by atoms with Gasteiger partial charge in [-0.25, -0.2) is 15.0 Å². The number of aryl methyl sites for hydroxylation is 2. The van der Waals surface area contributed by atoms with E-state index in [0.717, 1.165) is 29.4 Å². The molecule has 2 aliphatic rings. The first-order valence-corrected chi connectivity index (χ1v) is 9.24. The van der Waals surface area contributed by atoms with Crippen molar-refractivity contribution >= 4 is 27.4 Å². The molecule has 23 heavy (non-hydrogen) atoms. The molecule has 5 rings (SSSR count). The second-order valence-electron chi connectivity index (χ2n) is 6.41. The standard InChI is InChI=1S/C17H19N5S/c1-2-9-22(12(5-1)15-18-7-8-19-15)16-14-11-4-3-6-13(11)23-17(14)21-10-20-16/h7-8,10,12H,1-6,9H2,(H,18,19)/t12-/m1/s1. The highest BCUT2D eigenvalue weighted by Crippen LogP contribution is 2.43. The van der Waals surface area contributed by atoms with E-state index in [-0.39, 0.29) is 0 Å². The van der Waals surface area contributed by atoms with Crippen LogP contribution in [-0.2, 0) is 12.8 Å². The molecule has 6 heteroatoms. The van der Waals surface area contributed by atoms with Crippen LogP contribution in [0, 0.1) is 0 Å². The molecule has 0 bridgehead atoms. The van der Waals surface area contributed by atoms with Gasteiger partial charge in [0.25, 0.3) is 0 Å². The van der Waals surface area contributed by atoms with E-state index in [2.05, 4.69) is 19.9 Å². The van der Waals surface area contributed by atoms with Crippen molar-refractivity contribution in [2.24, 2.45) is 0 Å². The highest BCUT2D eigenvalue weighted by molar-refractivity contribution is 7.19. The van der Waals surface area contributed by atoms with Crippen LogP contribution >= 0.6 is 11.3 Å². The van der Waals surface area contributed by atoms with Gasteiger partial charge < -0.3 is 9.88 Å². The zero-order valence-corrected chi connectivity index (χ0v) is 13.8. The molecule has 1 atom stereocenters. The Kier molecular flexibility index (Phi) is 3.11. The van der Waals surface area contributed by atoms with Crippen LogP contribution in [-0.4, -0.2) is 26.5 Å². The molecule has 0 aromatic carbocycles. The number of piperidine rings is 1. The van der Waals surface area contributed by atoms with Crippen LogP contribution < -0.4 is 4.90 Å². The zero-order valence-electron chi connectivity index (χ0n) is 13.0. The molecule has 1 N–H and O–H groups in total. The lowest BCUT2D eigenvalue weighted by atomic mass is 10.0. The predicted molar refractivity (Wildman–Crippen MR) is 92.0 cm³/mol. The lowest BCUT2D eigenvalue weighted by Gasteiger charge is -2.35. The number of imidazole rings is 1. The Morgan fingerprint density at radius 2 is 2.13 bits per heavy atom. The van der Waals surface area contributed by atoms with Crippen molar-refractivity contribution in [3.8, 4) is 0 Å². The molecule has 0 amide bonds. The molecular formula is C17H19N5S. The Morgan fingerprint density at radius 3 is 3.04 bits per heavy atom. The van der Waals surface area contributed by atoms with E-state index in [1.165, 1.54) is 47.9 Å². The molecule has 0 unspecified atom stereocenters. The van der Waals surface area contributed by atoms with E-state index in [0.29, 0.717) is 6.04 Å². The molecule has 0 saturated carbocycles. The minimum atomic E-state index is 0.300. The van der Waals surface area contributed by atoms with E-state index in [1.807, 2.05) is 23.7 Å². The minimum Gasteiger partial charge on any atom is -0.347 e. The number of thiophene rings is 1. The third-order valence-electron chi connectivity index (χ3n) is 5.09. The molecule has 1 fully saturated rings. The second kappa shape index (κ2) is 5.30. The number of nitrogens with one attached hydrogen (secondary N) is 1. The third kappa shape index (κ3) is 2.08. The van der Waals surface area contributed by atoms with E-state index in [1.54, 1.807) is 6.33 Å². The Hall–Kier alpha value is -1.95. The van der Waals surface area contributed by atoms with E-state index in [4.69, 9.17) is 4.98 Å². The average Bonchev–Trinajstić information content (AvgIpc) is 3.31. The summed E-state index contributed by atoms with van der Waals surface area (Å²) in [5.41, 5.74) is 1.50. The fourth-order valence-corrected chi connectivity index (χ4v) is 5.28. The molecule has 0 spiro atoms. The Bertz CT molecular complexity index is 838. The van der Waals surface area contributed by atoms with Gasteiger partial charge in [-0.1, -0.05) is 0 Å². The lowest BCUT2D eigenvalue weighted by Crippen LogP contribution is -2.34. The molecule has 1 aliphatic carbocycles. The predicted octanol–water partition coefficient (Wildman–Crippen LogP) is 3.63. The number of anilines is 1. The smallest absolute Gasteiger partial charge is 0.141 e. The van der Waals surface area contributed by atoms with Crippen LogP contribution in [0.25, 0.3) is 10.2 Å². The van der Waals surface area contributed by atoms with Crippen LogP contribution in [0.5, 0.6) is 0 Å². The van der Waals surface area contributed by atoms with Gasteiger partial charge >= 0.3 is 0 Å². The highest BCUT2D eigenvalue weighted by Gasteiger charge is 2.30. The third-order valence-corrected chi connectivity index (χ3v) is 6.29. The summed E-state index contributed by atoms with van der Waals surface area (Å²) in [5.74, 6) is 2.18. The molecule has 4 heterocycles. The van der Waals surface area contributed by atoms with Crippen LogP contribution in [0.1, 0.15) is 48.0 Å². The first kappa shape index (κ1) is 13.5. The average molecular weight is 325 g/mol. The number of aromatic nitrogens is 4. The first-order chi connectivity index (χ1) is 11.4. The van der Waals surface area contributed by atoms with Crippen molar-refractivity contribution in [1.29, 1.82) is 0 Å². The molecule has 3 aromatic rings. The monoisotopic (exact) mass is 325 g/mol. The molecule has 1 aliphatic heterocycles. The SMILES string of the molecule is c1c[nH]c([C@H]2CCCCN2c2ncnc3sc4c(c23)CCC4)n1. The topological polar surface area (TPSA) is 57.7 Å². The summed E-state index contributed by atoms with van der Waals surface area (Å²) < 4.78 is 0. The van der Waals surface area contributed by atoms with Gasteiger partial charge in [-0.3, -0.25) is 0 Å². The van der Waals surface area contributed by atoms with E-state index in [9.17, 15) is 0 Å². The zero-order chi connectivity index (χ0) is 15.2. The van der Waals surface area contributed by atoms with Crippen LogP contribution in [0.15, 0.2) is 18.7 Å². The van der Waals surface area contributed by atoms with Crippen LogP contribution in [0.4, 0.5) is 5.82 Å². The number of H-pyrrole nitrogens is 1. The van der Waals surface area contributed by atoms with Gasteiger partial charge in [-0.15, -0.1) is 11.3 Å². The van der Waals surface area contributed by atoms with Crippen molar-refractivity contribution in [3.05, 3.63) is 35.0 Å². The van der Waals surface area contributed by atoms with E-state index >= 15 is 0 Å². The van der Waals surface area contributed by atoms with E-state index < -0.39 is 0 Å². The molecule has 1 saturated heterocycles. The fourth-order valence-electron chi connectivity index (χ4n) is 4.06. The lowest BCUT2D eigenvalue weighted by molar-refractivity contribution is 0.456. The quantitative estimate of drug-likeness (QED) is 0.781. The van der Waals surface area contributed by atoms with Gasteiger partial charge in [0.1, 0.15) is 22.8 Å². The largest absolute Gasteiger partial charge is 0.347 e. The van der Waals surface area contributed by atoms with Crippen molar-refractivity contribution in [1.82, 2.24) is 19.9 Å². The Labute approximate surface area is 138 Å². The maximum absolute atomic E-state index is 4.72.